The van der Waals surface area contributed by atoms with Gasteiger partial charge in [-0.3, -0.25) is 4.79 Å². The molecule has 23 heavy (non-hydrogen) atoms. The fourth-order valence-corrected chi connectivity index (χ4v) is 3.69. The van der Waals surface area contributed by atoms with Gasteiger partial charge in [0, 0.05) is 30.5 Å². The molecule has 2 aromatic heterocycles. The quantitative estimate of drug-likeness (QED) is 0.885. The Balaban J connectivity index is 0.000000960. The molecule has 1 amide bonds. The highest BCUT2D eigenvalue weighted by molar-refractivity contribution is 5.85. The van der Waals surface area contributed by atoms with Gasteiger partial charge in [-0.2, -0.15) is 0 Å². The second-order valence-electron chi connectivity index (χ2n) is 6.25. The summed E-state index contributed by atoms with van der Waals surface area (Å²) < 4.78 is 1.95. The molecule has 0 aliphatic carbocycles. The molecule has 2 fully saturated rings. The molecule has 0 spiro atoms. The highest BCUT2D eigenvalue weighted by atomic mass is 35.5. The van der Waals surface area contributed by atoms with E-state index >= 15 is 0 Å². The van der Waals surface area contributed by atoms with E-state index in [-0.39, 0.29) is 30.7 Å². The van der Waals surface area contributed by atoms with Crippen LogP contribution in [0.15, 0.2) is 30.6 Å². The number of hydrogen-bond acceptors (Lipinski definition) is 3. The van der Waals surface area contributed by atoms with Crippen molar-refractivity contribution in [2.75, 3.05) is 0 Å². The zero-order valence-electron chi connectivity index (χ0n) is 12.8. The van der Waals surface area contributed by atoms with Crippen LogP contribution in [0.5, 0.6) is 0 Å². The predicted octanol–water partition coefficient (Wildman–Crippen LogP) is 2.12. The Morgan fingerprint density at radius 1 is 1.26 bits per heavy atom. The van der Waals surface area contributed by atoms with Crippen LogP contribution in [0.25, 0.3) is 5.65 Å². The molecule has 2 unspecified atom stereocenters. The Labute approximate surface area is 148 Å². The third-order valence-corrected chi connectivity index (χ3v) is 4.59. The number of carbonyl (C=O) groups is 1. The van der Waals surface area contributed by atoms with Gasteiger partial charge >= 0.3 is 0 Å². The van der Waals surface area contributed by atoms with Crippen LogP contribution >= 0.6 is 24.8 Å². The lowest BCUT2D eigenvalue weighted by Crippen LogP contribution is -2.48. The lowest BCUT2D eigenvalue weighted by Gasteiger charge is -2.29. The van der Waals surface area contributed by atoms with Crippen LogP contribution in [0, 0.1) is 0 Å². The number of hydrogen-bond donors (Lipinski definition) is 2. The van der Waals surface area contributed by atoms with Gasteiger partial charge < -0.3 is 15.0 Å². The molecule has 2 bridgehead atoms. The van der Waals surface area contributed by atoms with Crippen molar-refractivity contribution in [2.45, 2.75) is 50.2 Å². The summed E-state index contributed by atoms with van der Waals surface area (Å²) in [6.07, 6.45) is 8.88. The third-order valence-electron chi connectivity index (χ3n) is 4.59. The van der Waals surface area contributed by atoms with Crippen LogP contribution < -0.4 is 10.6 Å². The average molecular weight is 357 g/mol. The maximum absolute atomic E-state index is 12.2. The van der Waals surface area contributed by atoms with Gasteiger partial charge in [-0.05, 0) is 37.8 Å². The molecule has 0 aromatic carbocycles. The van der Waals surface area contributed by atoms with Gasteiger partial charge in [0.2, 0.25) is 5.91 Å². The molecule has 5 nitrogen and oxygen atoms in total. The van der Waals surface area contributed by atoms with Gasteiger partial charge in [-0.25, -0.2) is 4.98 Å². The summed E-state index contributed by atoms with van der Waals surface area (Å²) in [4.78, 5) is 16.7. The van der Waals surface area contributed by atoms with Crippen molar-refractivity contribution in [1.82, 2.24) is 20.0 Å². The number of nitrogens with zero attached hydrogens (tertiary/aromatic N) is 2. The number of imidazole rings is 1. The van der Waals surface area contributed by atoms with E-state index < -0.39 is 0 Å². The number of nitrogens with one attached hydrogen (secondary N) is 2. The Morgan fingerprint density at radius 2 is 2.00 bits per heavy atom. The molecule has 0 radical (unpaired) electrons. The molecule has 2 N–H and O–H groups in total. The number of aromatic nitrogens is 2. The number of amides is 1. The number of rotatable bonds is 3. The first-order valence-electron chi connectivity index (χ1n) is 7.74. The van der Waals surface area contributed by atoms with Crippen LogP contribution in [0.2, 0.25) is 0 Å². The van der Waals surface area contributed by atoms with Crippen molar-refractivity contribution in [3.8, 4) is 0 Å². The second kappa shape index (κ2) is 7.51. The number of halogens is 2. The molecular weight excluding hydrogens is 335 g/mol. The van der Waals surface area contributed by atoms with Gasteiger partial charge in [0.25, 0.3) is 0 Å². The van der Waals surface area contributed by atoms with E-state index in [4.69, 9.17) is 0 Å². The van der Waals surface area contributed by atoms with E-state index in [1.165, 1.54) is 12.8 Å². The molecule has 7 heteroatoms. The monoisotopic (exact) mass is 356 g/mol. The maximum atomic E-state index is 12.2. The first-order chi connectivity index (χ1) is 10.3. The summed E-state index contributed by atoms with van der Waals surface area (Å²) in [5, 5.41) is 6.78. The number of carbonyl (C=O) groups excluding carboxylic acids is 1. The van der Waals surface area contributed by atoms with Gasteiger partial charge in [0.1, 0.15) is 5.65 Å². The van der Waals surface area contributed by atoms with E-state index in [0.29, 0.717) is 24.5 Å². The standard InChI is InChI=1S/C16H20N4O.2ClH/c21-16(19-13-7-11-4-5-12(8-13)17-11)9-14-10-20-6-2-1-3-15(20)18-14;;/h1-3,6,10-13,17H,4-5,7-9H2,(H,19,21);2*1H. The van der Waals surface area contributed by atoms with Crippen molar-refractivity contribution < 1.29 is 4.79 Å². The lowest BCUT2D eigenvalue weighted by molar-refractivity contribution is -0.121. The number of pyridine rings is 1. The minimum atomic E-state index is 0. The first kappa shape index (κ1) is 18.0. The van der Waals surface area contributed by atoms with E-state index in [1.807, 2.05) is 35.0 Å². The smallest absolute Gasteiger partial charge is 0.226 e. The molecule has 4 heterocycles. The van der Waals surface area contributed by atoms with Crippen LogP contribution in [0.3, 0.4) is 0 Å². The normalized spacial score (nSPS) is 25.5. The van der Waals surface area contributed by atoms with Crippen molar-refractivity contribution in [2.24, 2.45) is 0 Å². The molecule has 0 saturated carbocycles. The van der Waals surface area contributed by atoms with Gasteiger partial charge in [0.15, 0.2) is 0 Å². The molecule has 4 rings (SSSR count). The highest BCUT2D eigenvalue weighted by Gasteiger charge is 2.33. The van der Waals surface area contributed by atoms with Crippen LogP contribution in [-0.4, -0.2) is 33.4 Å². The van der Waals surface area contributed by atoms with Gasteiger partial charge in [0.05, 0.1) is 12.1 Å². The topological polar surface area (TPSA) is 58.4 Å². The summed E-state index contributed by atoms with van der Waals surface area (Å²) in [7, 11) is 0. The summed E-state index contributed by atoms with van der Waals surface area (Å²) in [5.41, 5.74) is 1.72. The van der Waals surface area contributed by atoms with Crippen LogP contribution in [0.4, 0.5) is 0 Å². The Hall–Kier alpha value is -1.30. The fourth-order valence-electron chi connectivity index (χ4n) is 3.69. The van der Waals surface area contributed by atoms with Crippen molar-refractivity contribution >= 4 is 36.4 Å². The number of piperidine rings is 1. The molecular formula is C16H22Cl2N4O. The summed E-state index contributed by atoms with van der Waals surface area (Å²) >= 11 is 0. The van der Waals surface area contributed by atoms with Gasteiger partial charge in [-0.15, -0.1) is 24.8 Å². The van der Waals surface area contributed by atoms with E-state index in [2.05, 4.69) is 15.6 Å². The average Bonchev–Trinajstić information content (AvgIpc) is 3.01. The minimum absolute atomic E-state index is 0. The van der Waals surface area contributed by atoms with Crippen molar-refractivity contribution in [3.05, 3.63) is 36.3 Å². The largest absolute Gasteiger partial charge is 0.353 e. The Kier molecular flexibility index (Phi) is 5.89. The first-order valence-corrected chi connectivity index (χ1v) is 7.74. The van der Waals surface area contributed by atoms with Crippen LogP contribution in [0.1, 0.15) is 31.4 Å². The zero-order valence-corrected chi connectivity index (χ0v) is 14.4. The van der Waals surface area contributed by atoms with Crippen LogP contribution in [-0.2, 0) is 11.2 Å². The van der Waals surface area contributed by atoms with Crippen molar-refractivity contribution in [1.29, 1.82) is 0 Å². The van der Waals surface area contributed by atoms with Gasteiger partial charge in [-0.1, -0.05) is 6.07 Å². The SMILES string of the molecule is Cl.Cl.O=C(Cc1cn2ccccc2n1)NC1CC2CCC(C1)N2. The summed E-state index contributed by atoms with van der Waals surface area (Å²) in [6, 6.07) is 7.40. The van der Waals surface area contributed by atoms with Crippen molar-refractivity contribution in [3.63, 3.8) is 0 Å². The maximum Gasteiger partial charge on any atom is 0.226 e. The molecule has 2 saturated heterocycles. The molecule has 2 aromatic rings. The molecule has 2 aliphatic rings. The highest BCUT2D eigenvalue weighted by Crippen LogP contribution is 2.26. The lowest BCUT2D eigenvalue weighted by atomic mass is 9.99. The second-order valence-corrected chi connectivity index (χ2v) is 6.25. The number of fused-ring (bicyclic) bond motifs is 3. The molecule has 126 valence electrons. The Morgan fingerprint density at radius 3 is 2.70 bits per heavy atom. The predicted molar refractivity (Wildman–Crippen MR) is 94.5 cm³/mol. The minimum Gasteiger partial charge on any atom is -0.353 e. The molecule has 2 aliphatic heterocycles. The Bertz CT molecular complexity index is 630. The van der Waals surface area contributed by atoms with E-state index in [1.54, 1.807) is 0 Å². The summed E-state index contributed by atoms with van der Waals surface area (Å²) in [5.74, 6) is 0.0877. The molecule has 2 atom stereocenters. The third kappa shape index (κ3) is 3.97. The fraction of sp³-hybridized carbons (Fsp3) is 0.500. The summed E-state index contributed by atoms with van der Waals surface area (Å²) in [6.45, 7) is 0. The zero-order chi connectivity index (χ0) is 14.2. The van der Waals surface area contributed by atoms with E-state index in [9.17, 15) is 4.79 Å². The van der Waals surface area contributed by atoms with E-state index in [0.717, 1.165) is 24.2 Å².